The van der Waals surface area contributed by atoms with Gasteiger partial charge < -0.3 is 21.7 Å². The molecule has 1 aromatic carbocycles. The second-order valence-corrected chi connectivity index (χ2v) is 6.21. The van der Waals surface area contributed by atoms with Crippen molar-refractivity contribution in [3.8, 4) is 0 Å². The van der Waals surface area contributed by atoms with E-state index in [9.17, 15) is 14.0 Å². The van der Waals surface area contributed by atoms with Gasteiger partial charge in [-0.05, 0) is 43.3 Å². The molecule has 2 amide bonds. The zero-order valence-electron chi connectivity index (χ0n) is 15.3. The molecule has 27 heavy (non-hydrogen) atoms. The standard InChI is InChI=1S/C19H24FN5O2/c1-12(22-2)18(26)25-16(9-13-3-6-15(20)7-4-13)19(27)24-11-14-5-8-17(21)23-10-14/h3-8,10,12,16,22H,9,11H2,1-2H3,(H2,21,23)(H,24,27)(H,25,26)/t12-,16-/m0/s1. The minimum Gasteiger partial charge on any atom is -0.384 e. The Balaban J connectivity index is 2.06. The van der Waals surface area contributed by atoms with E-state index in [1.165, 1.54) is 12.1 Å². The number of pyridine rings is 1. The van der Waals surface area contributed by atoms with Crippen LogP contribution in [-0.2, 0) is 22.6 Å². The van der Waals surface area contributed by atoms with Crippen LogP contribution in [0.3, 0.4) is 0 Å². The second-order valence-electron chi connectivity index (χ2n) is 6.21. The summed E-state index contributed by atoms with van der Waals surface area (Å²) in [5.41, 5.74) is 7.07. The van der Waals surface area contributed by atoms with Gasteiger partial charge in [-0.3, -0.25) is 9.59 Å². The lowest BCUT2D eigenvalue weighted by Gasteiger charge is -2.21. The summed E-state index contributed by atoms with van der Waals surface area (Å²) in [5, 5.41) is 8.35. The van der Waals surface area contributed by atoms with Crippen molar-refractivity contribution in [2.45, 2.75) is 32.0 Å². The molecule has 1 heterocycles. The van der Waals surface area contributed by atoms with Gasteiger partial charge in [0.05, 0.1) is 6.04 Å². The van der Waals surface area contributed by atoms with Gasteiger partial charge in [-0.1, -0.05) is 18.2 Å². The summed E-state index contributed by atoms with van der Waals surface area (Å²) < 4.78 is 13.1. The predicted molar refractivity (Wildman–Crippen MR) is 101 cm³/mol. The van der Waals surface area contributed by atoms with Crippen molar-refractivity contribution in [3.05, 3.63) is 59.5 Å². The summed E-state index contributed by atoms with van der Waals surface area (Å²) in [6.07, 6.45) is 1.82. The van der Waals surface area contributed by atoms with E-state index < -0.39 is 12.1 Å². The molecule has 2 rings (SSSR count). The normalized spacial score (nSPS) is 12.9. The first-order valence-corrected chi connectivity index (χ1v) is 8.59. The van der Waals surface area contributed by atoms with Crippen LogP contribution in [0.5, 0.6) is 0 Å². The number of amides is 2. The van der Waals surface area contributed by atoms with Crippen LogP contribution in [0.1, 0.15) is 18.1 Å². The van der Waals surface area contributed by atoms with Gasteiger partial charge in [-0.2, -0.15) is 0 Å². The van der Waals surface area contributed by atoms with E-state index in [0.29, 0.717) is 5.82 Å². The summed E-state index contributed by atoms with van der Waals surface area (Å²) in [5.74, 6) is -0.599. The van der Waals surface area contributed by atoms with E-state index in [4.69, 9.17) is 5.73 Å². The van der Waals surface area contributed by atoms with Crippen molar-refractivity contribution in [2.75, 3.05) is 12.8 Å². The lowest BCUT2D eigenvalue weighted by Crippen LogP contribution is -2.52. The van der Waals surface area contributed by atoms with E-state index in [0.717, 1.165) is 11.1 Å². The maximum Gasteiger partial charge on any atom is 0.243 e. The first kappa shape index (κ1) is 20.3. The molecule has 0 bridgehead atoms. The first-order valence-electron chi connectivity index (χ1n) is 8.59. The van der Waals surface area contributed by atoms with Crippen molar-refractivity contribution in [1.29, 1.82) is 0 Å². The van der Waals surface area contributed by atoms with Crippen LogP contribution in [0.2, 0.25) is 0 Å². The number of anilines is 1. The Morgan fingerprint density at radius 3 is 2.37 bits per heavy atom. The largest absolute Gasteiger partial charge is 0.384 e. The number of hydrogen-bond acceptors (Lipinski definition) is 5. The minimum absolute atomic E-state index is 0.244. The quantitative estimate of drug-likeness (QED) is 0.546. The number of halogens is 1. The van der Waals surface area contributed by atoms with Crippen LogP contribution in [-0.4, -0.2) is 35.9 Å². The van der Waals surface area contributed by atoms with Gasteiger partial charge in [0.1, 0.15) is 17.7 Å². The fourth-order valence-electron chi connectivity index (χ4n) is 2.35. The van der Waals surface area contributed by atoms with Crippen molar-refractivity contribution in [2.24, 2.45) is 0 Å². The van der Waals surface area contributed by atoms with Gasteiger partial charge in [-0.25, -0.2) is 9.37 Å². The molecule has 0 aliphatic carbocycles. The summed E-state index contributed by atoms with van der Waals surface area (Å²) in [7, 11) is 1.66. The van der Waals surface area contributed by atoms with E-state index in [2.05, 4.69) is 20.9 Å². The zero-order valence-corrected chi connectivity index (χ0v) is 15.3. The average Bonchev–Trinajstić information content (AvgIpc) is 2.67. The number of nitrogens with one attached hydrogen (secondary N) is 3. The molecule has 5 N–H and O–H groups in total. The maximum absolute atomic E-state index is 13.1. The summed E-state index contributed by atoms with van der Waals surface area (Å²) >= 11 is 0. The third kappa shape index (κ3) is 6.34. The summed E-state index contributed by atoms with van der Waals surface area (Å²) in [4.78, 5) is 28.8. The number of likely N-dealkylation sites (N-methyl/N-ethyl adjacent to an activating group) is 1. The molecule has 0 spiro atoms. The number of nitrogens with two attached hydrogens (primary N) is 1. The van der Waals surface area contributed by atoms with Gasteiger partial charge in [-0.15, -0.1) is 0 Å². The fraction of sp³-hybridized carbons (Fsp3) is 0.316. The number of nitrogens with zero attached hydrogens (tertiary/aromatic N) is 1. The molecule has 1 aromatic heterocycles. The molecular weight excluding hydrogens is 349 g/mol. The Morgan fingerprint density at radius 1 is 1.11 bits per heavy atom. The molecule has 0 radical (unpaired) electrons. The molecule has 0 saturated carbocycles. The third-order valence-electron chi connectivity index (χ3n) is 4.13. The third-order valence-corrected chi connectivity index (χ3v) is 4.13. The molecule has 0 unspecified atom stereocenters. The van der Waals surface area contributed by atoms with Gasteiger partial charge in [0.15, 0.2) is 0 Å². The van der Waals surface area contributed by atoms with E-state index in [-0.39, 0.29) is 30.6 Å². The second kappa shape index (κ2) is 9.63. The van der Waals surface area contributed by atoms with Crippen molar-refractivity contribution >= 4 is 17.6 Å². The van der Waals surface area contributed by atoms with Crippen LogP contribution >= 0.6 is 0 Å². The van der Waals surface area contributed by atoms with Crippen LogP contribution in [0.15, 0.2) is 42.6 Å². The van der Waals surface area contributed by atoms with Crippen LogP contribution in [0, 0.1) is 5.82 Å². The minimum atomic E-state index is -0.791. The number of aromatic nitrogens is 1. The molecule has 0 aliphatic heterocycles. The predicted octanol–water partition coefficient (Wildman–Crippen LogP) is 0.755. The number of nitrogen functional groups attached to an aromatic ring is 1. The van der Waals surface area contributed by atoms with Crippen LogP contribution in [0.4, 0.5) is 10.2 Å². The molecule has 2 atom stereocenters. The number of carbonyl (C=O) groups is 2. The van der Waals surface area contributed by atoms with Gasteiger partial charge >= 0.3 is 0 Å². The molecular formula is C19H24FN5O2. The summed E-state index contributed by atoms with van der Waals surface area (Å²) in [6, 6.07) is 7.99. The maximum atomic E-state index is 13.1. The number of benzene rings is 1. The highest BCUT2D eigenvalue weighted by Crippen LogP contribution is 2.07. The van der Waals surface area contributed by atoms with Crippen LogP contribution in [0.25, 0.3) is 0 Å². The lowest BCUT2D eigenvalue weighted by molar-refractivity contribution is -0.129. The average molecular weight is 373 g/mol. The number of rotatable bonds is 8. The van der Waals surface area contributed by atoms with Crippen LogP contribution < -0.4 is 21.7 Å². The first-order chi connectivity index (χ1) is 12.9. The van der Waals surface area contributed by atoms with Crippen molar-refractivity contribution < 1.29 is 14.0 Å². The SMILES string of the molecule is CN[C@@H](C)C(=O)N[C@@H](Cc1ccc(F)cc1)C(=O)NCc1ccc(N)nc1. The van der Waals surface area contributed by atoms with Crippen molar-refractivity contribution in [3.63, 3.8) is 0 Å². The molecule has 144 valence electrons. The van der Waals surface area contributed by atoms with E-state index in [1.54, 1.807) is 44.4 Å². The molecule has 8 heteroatoms. The summed E-state index contributed by atoms with van der Waals surface area (Å²) in [6.45, 7) is 1.95. The molecule has 0 fully saturated rings. The fourth-order valence-corrected chi connectivity index (χ4v) is 2.35. The topological polar surface area (TPSA) is 109 Å². The van der Waals surface area contributed by atoms with E-state index >= 15 is 0 Å². The number of hydrogen-bond donors (Lipinski definition) is 4. The molecule has 0 aliphatic rings. The lowest BCUT2D eigenvalue weighted by atomic mass is 10.0. The highest BCUT2D eigenvalue weighted by Gasteiger charge is 2.23. The molecule has 0 saturated heterocycles. The van der Waals surface area contributed by atoms with Gasteiger partial charge in [0, 0.05) is 19.2 Å². The Kier molecular flexibility index (Phi) is 7.25. The van der Waals surface area contributed by atoms with Gasteiger partial charge in [0.2, 0.25) is 11.8 Å². The Hall–Kier alpha value is -3.00. The highest BCUT2D eigenvalue weighted by atomic mass is 19.1. The smallest absolute Gasteiger partial charge is 0.243 e. The monoisotopic (exact) mass is 373 g/mol. The Labute approximate surface area is 157 Å². The molecule has 2 aromatic rings. The highest BCUT2D eigenvalue weighted by molar-refractivity contribution is 5.89. The van der Waals surface area contributed by atoms with Crippen molar-refractivity contribution in [1.82, 2.24) is 20.9 Å². The Bertz CT molecular complexity index is 765. The number of carbonyl (C=O) groups excluding carboxylic acids is 2. The Morgan fingerprint density at radius 2 is 1.78 bits per heavy atom. The van der Waals surface area contributed by atoms with E-state index in [1.807, 2.05) is 0 Å². The zero-order chi connectivity index (χ0) is 19.8. The van der Waals surface area contributed by atoms with Gasteiger partial charge in [0.25, 0.3) is 0 Å². The molecule has 7 nitrogen and oxygen atoms in total.